The van der Waals surface area contributed by atoms with Crippen LogP contribution in [0, 0.1) is 0 Å². The van der Waals surface area contributed by atoms with Crippen LogP contribution in [-0.2, 0) is 4.74 Å². The molecule has 2 unspecified atom stereocenters. The van der Waals surface area contributed by atoms with Gasteiger partial charge in [0.05, 0.1) is 19.3 Å². The van der Waals surface area contributed by atoms with E-state index >= 15 is 0 Å². The van der Waals surface area contributed by atoms with E-state index < -0.39 is 0 Å². The fourth-order valence-corrected chi connectivity index (χ4v) is 2.28. The van der Waals surface area contributed by atoms with Crippen LogP contribution in [0.4, 0.5) is 0 Å². The minimum atomic E-state index is 0.752. The van der Waals surface area contributed by atoms with Gasteiger partial charge in [-0.15, -0.1) is 0 Å². The number of piperazine rings is 1. The molecule has 4 heterocycles. The van der Waals surface area contributed by atoms with Gasteiger partial charge in [0, 0.05) is 25.2 Å². The number of fused-ring (bicyclic) bond motifs is 2. The smallest absolute Gasteiger partial charge is 0.0645 e. The minimum absolute atomic E-state index is 0.752. The predicted molar refractivity (Wildman–Crippen MR) is 41.5 cm³/mol. The summed E-state index contributed by atoms with van der Waals surface area (Å²) in [6.07, 6.45) is 1.41. The van der Waals surface area contributed by atoms with E-state index in [-0.39, 0.29) is 0 Å². The summed E-state index contributed by atoms with van der Waals surface area (Å²) in [6, 6.07) is 2.35. The first-order valence-electron chi connectivity index (χ1n) is 4.49. The Balaban J connectivity index is 1.62. The van der Waals surface area contributed by atoms with Crippen molar-refractivity contribution < 1.29 is 4.74 Å². The number of hydrogen-bond donors (Lipinski definition) is 1. The number of nitrogens with one attached hydrogen (secondary N) is 1. The lowest BCUT2D eigenvalue weighted by molar-refractivity contribution is -0.0912. The number of ether oxygens (including phenoxy) is 1. The summed E-state index contributed by atoms with van der Waals surface area (Å²) in [5.41, 5.74) is 0. The van der Waals surface area contributed by atoms with E-state index in [4.69, 9.17) is 4.74 Å². The molecule has 4 saturated heterocycles. The average molecular weight is 154 g/mol. The number of rotatable bonds is 1. The van der Waals surface area contributed by atoms with Crippen LogP contribution in [0.25, 0.3) is 0 Å². The number of nitrogens with zero attached hydrogens (tertiary/aromatic N) is 1. The normalized spacial score (nSPS) is 44.7. The summed E-state index contributed by atoms with van der Waals surface area (Å²) >= 11 is 0. The molecule has 0 amide bonds. The molecule has 3 nitrogen and oxygen atoms in total. The Morgan fingerprint density at radius 1 is 1.18 bits per heavy atom. The highest BCUT2D eigenvalue weighted by atomic mass is 16.5. The van der Waals surface area contributed by atoms with Crippen molar-refractivity contribution in [1.82, 2.24) is 10.2 Å². The third-order valence-electron chi connectivity index (χ3n) is 3.09. The second kappa shape index (κ2) is 2.19. The zero-order valence-electron chi connectivity index (χ0n) is 6.62. The molecule has 4 aliphatic rings. The maximum atomic E-state index is 5.18. The minimum Gasteiger partial charge on any atom is -0.378 e. The van der Waals surface area contributed by atoms with Gasteiger partial charge in [0.25, 0.3) is 0 Å². The SMILES string of the molecule is C1C2CN(C3COC3)CC1N2. The highest BCUT2D eigenvalue weighted by molar-refractivity contribution is 5.00. The highest BCUT2D eigenvalue weighted by Crippen LogP contribution is 2.24. The summed E-state index contributed by atoms with van der Waals surface area (Å²) in [5.74, 6) is 0. The van der Waals surface area contributed by atoms with E-state index in [0.717, 1.165) is 31.3 Å². The lowest BCUT2D eigenvalue weighted by atomic mass is 9.90. The van der Waals surface area contributed by atoms with E-state index in [0.29, 0.717) is 0 Å². The molecule has 0 aromatic heterocycles. The molecular formula is C8H14N2O. The summed E-state index contributed by atoms with van der Waals surface area (Å²) in [7, 11) is 0. The van der Waals surface area contributed by atoms with Gasteiger partial charge in [-0.25, -0.2) is 0 Å². The monoisotopic (exact) mass is 154 g/mol. The fraction of sp³-hybridized carbons (Fsp3) is 1.00. The summed E-state index contributed by atoms with van der Waals surface area (Å²) < 4.78 is 5.18. The molecule has 1 N–H and O–H groups in total. The summed E-state index contributed by atoms with van der Waals surface area (Å²) in [5, 5.41) is 3.53. The van der Waals surface area contributed by atoms with E-state index in [1.165, 1.54) is 19.5 Å². The Labute approximate surface area is 66.7 Å². The van der Waals surface area contributed by atoms with Gasteiger partial charge in [0.1, 0.15) is 0 Å². The Morgan fingerprint density at radius 2 is 1.82 bits per heavy atom. The molecular weight excluding hydrogens is 140 g/mol. The first-order valence-corrected chi connectivity index (χ1v) is 4.49. The van der Waals surface area contributed by atoms with Crippen molar-refractivity contribution >= 4 is 0 Å². The van der Waals surface area contributed by atoms with Crippen LogP contribution in [0.3, 0.4) is 0 Å². The molecule has 2 bridgehead atoms. The Kier molecular flexibility index (Phi) is 1.27. The van der Waals surface area contributed by atoms with Gasteiger partial charge in [-0.2, -0.15) is 0 Å². The molecule has 4 rings (SSSR count). The third kappa shape index (κ3) is 0.916. The molecule has 3 heteroatoms. The Morgan fingerprint density at radius 3 is 2.27 bits per heavy atom. The van der Waals surface area contributed by atoms with Crippen molar-refractivity contribution in [2.24, 2.45) is 0 Å². The highest BCUT2D eigenvalue weighted by Gasteiger charge is 2.40. The van der Waals surface area contributed by atoms with Crippen molar-refractivity contribution in [1.29, 1.82) is 0 Å². The van der Waals surface area contributed by atoms with Crippen molar-refractivity contribution in [3.05, 3.63) is 0 Å². The molecule has 0 spiro atoms. The van der Waals surface area contributed by atoms with Crippen molar-refractivity contribution in [3.63, 3.8) is 0 Å². The average Bonchev–Trinajstić information content (AvgIpc) is 1.81. The molecule has 11 heavy (non-hydrogen) atoms. The zero-order chi connectivity index (χ0) is 7.26. The zero-order valence-corrected chi connectivity index (χ0v) is 6.62. The van der Waals surface area contributed by atoms with Gasteiger partial charge in [0.15, 0.2) is 0 Å². The molecule has 0 aromatic rings. The van der Waals surface area contributed by atoms with Gasteiger partial charge in [-0.3, -0.25) is 4.90 Å². The summed E-state index contributed by atoms with van der Waals surface area (Å²) in [4.78, 5) is 2.58. The Hall–Kier alpha value is -0.120. The molecule has 0 aromatic carbocycles. The lowest BCUT2D eigenvalue weighted by Gasteiger charge is -2.52. The quantitative estimate of drug-likeness (QED) is 0.547. The van der Waals surface area contributed by atoms with Gasteiger partial charge in [0.2, 0.25) is 0 Å². The van der Waals surface area contributed by atoms with Crippen LogP contribution < -0.4 is 5.32 Å². The standard InChI is InChI=1S/C8H14N2O/c1-6-2-10(3-7(1)9-6)8-4-11-5-8/h6-9H,1-5H2. The van der Waals surface area contributed by atoms with Gasteiger partial charge < -0.3 is 10.1 Å². The van der Waals surface area contributed by atoms with Crippen LogP contribution >= 0.6 is 0 Å². The van der Waals surface area contributed by atoms with E-state index in [2.05, 4.69) is 10.2 Å². The first-order chi connectivity index (χ1) is 5.42. The van der Waals surface area contributed by atoms with Crippen molar-refractivity contribution in [3.8, 4) is 0 Å². The maximum Gasteiger partial charge on any atom is 0.0645 e. The summed E-state index contributed by atoms with van der Waals surface area (Å²) in [6.45, 7) is 4.45. The van der Waals surface area contributed by atoms with Crippen molar-refractivity contribution in [2.45, 2.75) is 24.5 Å². The van der Waals surface area contributed by atoms with E-state index in [1.807, 2.05) is 0 Å². The number of piperidine rings is 1. The van der Waals surface area contributed by atoms with Crippen LogP contribution in [0.15, 0.2) is 0 Å². The Bertz CT molecular complexity index is 153. The van der Waals surface area contributed by atoms with Gasteiger partial charge in [-0.05, 0) is 6.42 Å². The van der Waals surface area contributed by atoms with Gasteiger partial charge in [-0.1, -0.05) is 0 Å². The molecule has 62 valence electrons. The molecule has 0 aliphatic carbocycles. The molecule has 0 saturated carbocycles. The maximum absolute atomic E-state index is 5.18. The molecule has 4 aliphatic heterocycles. The predicted octanol–water partition coefficient (Wildman–Crippen LogP) is -0.569. The second-order valence-corrected chi connectivity index (χ2v) is 3.94. The molecule has 4 fully saturated rings. The van der Waals surface area contributed by atoms with E-state index in [1.54, 1.807) is 0 Å². The lowest BCUT2D eigenvalue weighted by Crippen LogP contribution is -2.70. The fourth-order valence-electron chi connectivity index (χ4n) is 2.28. The topological polar surface area (TPSA) is 24.5 Å². The molecule has 0 radical (unpaired) electrons. The molecule has 2 atom stereocenters. The van der Waals surface area contributed by atoms with Crippen LogP contribution in [0.1, 0.15) is 6.42 Å². The number of hydrogen-bond acceptors (Lipinski definition) is 3. The van der Waals surface area contributed by atoms with Crippen molar-refractivity contribution in [2.75, 3.05) is 26.3 Å². The van der Waals surface area contributed by atoms with Crippen LogP contribution in [0.2, 0.25) is 0 Å². The third-order valence-corrected chi connectivity index (χ3v) is 3.09. The second-order valence-electron chi connectivity index (χ2n) is 3.94. The first kappa shape index (κ1) is 6.40. The largest absolute Gasteiger partial charge is 0.378 e. The van der Waals surface area contributed by atoms with Crippen LogP contribution in [-0.4, -0.2) is 49.3 Å². The van der Waals surface area contributed by atoms with Crippen LogP contribution in [0.5, 0.6) is 0 Å². The van der Waals surface area contributed by atoms with E-state index in [9.17, 15) is 0 Å². The van der Waals surface area contributed by atoms with Gasteiger partial charge >= 0.3 is 0 Å².